The Bertz CT molecular complexity index is 2740. The van der Waals surface area contributed by atoms with E-state index in [1.54, 1.807) is 0 Å². The minimum atomic E-state index is 0.865. The van der Waals surface area contributed by atoms with Crippen molar-refractivity contribution in [1.82, 2.24) is 0 Å². The molecule has 10 aromatic rings. The summed E-state index contributed by atoms with van der Waals surface area (Å²) in [5, 5.41) is 9.36. The van der Waals surface area contributed by atoms with Crippen molar-refractivity contribution >= 4 is 65.4 Å². The molecule has 46 heavy (non-hydrogen) atoms. The smallest absolute Gasteiger partial charge is 0.144 e. The molecule has 0 aliphatic carbocycles. The molecule has 0 saturated heterocycles. The third-order valence-corrected chi connectivity index (χ3v) is 9.44. The molecule has 214 valence electrons. The molecular formula is C44H26O2. The summed E-state index contributed by atoms with van der Waals surface area (Å²) in [4.78, 5) is 0. The Kier molecular flexibility index (Phi) is 5.31. The number of rotatable bonds is 3. The fourth-order valence-corrected chi connectivity index (χ4v) is 7.52. The maximum atomic E-state index is 6.67. The van der Waals surface area contributed by atoms with Gasteiger partial charge in [0.2, 0.25) is 0 Å². The molecule has 8 aromatic carbocycles. The zero-order valence-electron chi connectivity index (χ0n) is 24.8. The maximum absolute atomic E-state index is 6.67. The van der Waals surface area contributed by atoms with Crippen LogP contribution in [0.4, 0.5) is 0 Å². The predicted molar refractivity (Wildman–Crippen MR) is 192 cm³/mol. The summed E-state index contributed by atoms with van der Waals surface area (Å²) in [5.74, 6) is 0. The molecular weight excluding hydrogens is 560 g/mol. The molecule has 0 saturated carbocycles. The van der Waals surface area contributed by atoms with Crippen molar-refractivity contribution in [3.05, 3.63) is 158 Å². The first-order valence-corrected chi connectivity index (χ1v) is 15.7. The summed E-state index contributed by atoms with van der Waals surface area (Å²) in [5.41, 5.74) is 10.5. The quantitative estimate of drug-likeness (QED) is 0.193. The lowest BCUT2D eigenvalue weighted by atomic mass is 9.85. The average molecular weight is 587 g/mol. The van der Waals surface area contributed by atoms with Crippen molar-refractivity contribution in [2.75, 3.05) is 0 Å². The number of hydrogen-bond acceptors (Lipinski definition) is 2. The lowest BCUT2D eigenvalue weighted by Crippen LogP contribution is -1.91. The largest absolute Gasteiger partial charge is 0.456 e. The second-order valence-corrected chi connectivity index (χ2v) is 12.0. The maximum Gasteiger partial charge on any atom is 0.144 e. The van der Waals surface area contributed by atoms with Gasteiger partial charge in [0, 0.05) is 27.1 Å². The summed E-state index contributed by atoms with van der Waals surface area (Å²) >= 11 is 0. The van der Waals surface area contributed by atoms with Crippen LogP contribution in [0.3, 0.4) is 0 Å². The lowest BCUT2D eigenvalue weighted by molar-refractivity contribution is 0.664. The Hall–Kier alpha value is -6.12. The van der Waals surface area contributed by atoms with Gasteiger partial charge in [0.15, 0.2) is 0 Å². The molecule has 0 radical (unpaired) electrons. The Labute approximate surface area is 264 Å². The summed E-state index contributed by atoms with van der Waals surface area (Å²) in [7, 11) is 0. The van der Waals surface area contributed by atoms with E-state index >= 15 is 0 Å². The topological polar surface area (TPSA) is 26.3 Å². The Morgan fingerprint density at radius 2 is 0.783 bits per heavy atom. The van der Waals surface area contributed by atoms with Crippen molar-refractivity contribution in [1.29, 1.82) is 0 Å². The molecule has 0 fully saturated rings. The Balaban J connectivity index is 1.28. The first-order valence-electron chi connectivity index (χ1n) is 15.7. The van der Waals surface area contributed by atoms with Crippen LogP contribution < -0.4 is 0 Å². The average Bonchev–Trinajstić information content (AvgIpc) is 3.69. The molecule has 0 unspecified atom stereocenters. The zero-order valence-corrected chi connectivity index (χ0v) is 24.8. The first kappa shape index (κ1) is 25.2. The normalized spacial score (nSPS) is 11.9. The number of furan rings is 2. The lowest BCUT2D eigenvalue weighted by Gasteiger charge is -2.18. The number of para-hydroxylation sites is 2. The zero-order chi connectivity index (χ0) is 30.2. The van der Waals surface area contributed by atoms with Gasteiger partial charge in [0.05, 0.1) is 0 Å². The van der Waals surface area contributed by atoms with Gasteiger partial charge < -0.3 is 8.83 Å². The van der Waals surface area contributed by atoms with Crippen LogP contribution in [0.1, 0.15) is 0 Å². The summed E-state index contributed by atoms with van der Waals surface area (Å²) in [6, 6.07) is 56.0. The van der Waals surface area contributed by atoms with Crippen LogP contribution in [0.15, 0.2) is 167 Å². The van der Waals surface area contributed by atoms with Crippen molar-refractivity contribution in [3.8, 4) is 33.4 Å². The van der Waals surface area contributed by atoms with E-state index < -0.39 is 0 Å². The highest BCUT2D eigenvalue weighted by atomic mass is 16.3. The van der Waals surface area contributed by atoms with Crippen LogP contribution in [0.25, 0.3) is 98.8 Å². The van der Waals surface area contributed by atoms with E-state index in [1.807, 2.05) is 18.2 Å². The molecule has 10 rings (SSSR count). The standard InChI is InChI=1S/C44H26O2/c1-2-13-27(14-3-1)40-30-17-4-6-19-32(30)41(33-20-7-5-18-31(33)40)29-16-12-15-28(25-29)36-26-39-42(34-21-8-10-23-37(34)45-39)43-35-22-9-11-24-38(35)46-44(36)43/h1-26H. The van der Waals surface area contributed by atoms with E-state index in [-0.39, 0.29) is 0 Å². The number of fused-ring (bicyclic) bond motifs is 9. The van der Waals surface area contributed by atoms with E-state index in [0.29, 0.717) is 0 Å². The highest BCUT2D eigenvalue weighted by Gasteiger charge is 2.22. The highest BCUT2D eigenvalue weighted by molar-refractivity contribution is 6.28. The van der Waals surface area contributed by atoms with Gasteiger partial charge in [-0.1, -0.05) is 133 Å². The highest BCUT2D eigenvalue weighted by Crippen LogP contribution is 2.47. The second-order valence-electron chi connectivity index (χ2n) is 12.0. The summed E-state index contributed by atoms with van der Waals surface area (Å²) < 4.78 is 13.2. The van der Waals surface area contributed by atoms with E-state index in [9.17, 15) is 0 Å². The van der Waals surface area contributed by atoms with Gasteiger partial charge >= 0.3 is 0 Å². The third kappa shape index (κ3) is 3.59. The fourth-order valence-electron chi connectivity index (χ4n) is 7.52. The van der Waals surface area contributed by atoms with Crippen LogP contribution >= 0.6 is 0 Å². The van der Waals surface area contributed by atoms with Gasteiger partial charge in [0.25, 0.3) is 0 Å². The second kappa shape index (κ2) is 9.69. The minimum Gasteiger partial charge on any atom is -0.456 e. The van der Waals surface area contributed by atoms with Gasteiger partial charge in [-0.2, -0.15) is 0 Å². The molecule has 2 aromatic heterocycles. The van der Waals surface area contributed by atoms with Gasteiger partial charge in [-0.15, -0.1) is 0 Å². The van der Waals surface area contributed by atoms with E-state index in [2.05, 4.69) is 140 Å². The molecule has 0 amide bonds. The van der Waals surface area contributed by atoms with Crippen LogP contribution in [0, 0.1) is 0 Å². The summed E-state index contributed by atoms with van der Waals surface area (Å²) in [6.45, 7) is 0. The number of benzene rings is 8. The van der Waals surface area contributed by atoms with Crippen LogP contribution in [0.5, 0.6) is 0 Å². The van der Waals surface area contributed by atoms with Crippen molar-refractivity contribution in [2.24, 2.45) is 0 Å². The predicted octanol–water partition coefficient (Wildman–Crippen LogP) is 12.8. The SMILES string of the molecule is c1ccc(-c2c3ccccc3c(-c3cccc(-c4cc5oc6ccccc6c5c5c4oc4ccccc45)c3)c3ccccc23)cc1. The molecule has 0 bridgehead atoms. The van der Waals surface area contributed by atoms with E-state index in [1.165, 1.54) is 43.8 Å². The third-order valence-electron chi connectivity index (χ3n) is 9.44. The van der Waals surface area contributed by atoms with E-state index in [0.717, 1.165) is 55.0 Å². The van der Waals surface area contributed by atoms with Crippen LogP contribution in [-0.4, -0.2) is 0 Å². The Morgan fingerprint density at radius 1 is 0.304 bits per heavy atom. The van der Waals surface area contributed by atoms with Gasteiger partial charge in [0.1, 0.15) is 22.3 Å². The molecule has 2 heteroatoms. The first-order chi connectivity index (χ1) is 22.8. The van der Waals surface area contributed by atoms with Crippen LogP contribution in [-0.2, 0) is 0 Å². The minimum absolute atomic E-state index is 0.865. The summed E-state index contributed by atoms with van der Waals surface area (Å²) in [6.07, 6.45) is 0. The fraction of sp³-hybridized carbons (Fsp3) is 0. The van der Waals surface area contributed by atoms with Gasteiger partial charge in [-0.25, -0.2) is 0 Å². The van der Waals surface area contributed by atoms with Crippen molar-refractivity contribution in [3.63, 3.8) is 0 Å². The molecule has 0 aliphatic heterocycles. The molecule has 2 nitrogen and oxygen atoms in total. The Morgan fingerprint density at radius 3 is 1.43 bits per heavy atom. The number of hydrogen-bond donors (Lipinski definition) is 0. The molecule has 2 heterocycles. The molecule has 0 spiro atoms. The molecule has 0 N–H and O–H groups in total. The van der Waals surface area contributed by atoms with Gasteiger partial charge in [-0.3, -0.25) is 0 Å². The monoisotopic (exact) mass is 586 g/mol. The van der Waals surface area contributed by atoms with E-state index in [4.69, 9.17) is 8.83 Å². The molecule has 0 aliphatic rings. The molecule has 0 atom stereocenters. The van der Waals surface area contributed by atoms with Crippen molar-refractivity contribution < 1.29 is 8.83 Å². The van der Waals surface area contributed by atoms with Crippen LogP contribution in [0.2, 0.25) is 0 Å². The van der Waals surface area contributed by atoms with Gasteiger partial charge in [-0.05, 0) is 73.6 Å². The van der Waals surface area contributed by atoms with Crippen molar-refractivity contribution in [2.45, 2.75) is 0 Å².